The van der Waals surface area contributed by atoms with Crippen molar-refractivity contribution in [3.05, 3.63) is 65.5 Å². The minimum Gasteiger partial charge on any atom is -0.322 e. The molecular weight excluding hydrogens is 382 g/mol. The number of carbonyl (C=O) groups excluding carboxylic acids is 3. The Morgan fingerprint density at radius 2 is 1.87 bits per heavy atom. The average Bonchev–Trinajstić information content (AvgIpc) is 3.29. The standard InChI is InChI=1S/C22H19N5O3/c1-13-23-20(25-27(13)16-5-3-2-4-6-16)14-7-8-17-15(11-14)12-26(22(17)30)18-9-10-19(28)24-21(18)29/h2-8,11,18H,9-10,12H2,1H3,(H,24,28,29). The Balaban J connectivity index is 1.44. The summed E-state index contributed by atoms with van der Waals surface area (Å²) < 4.78 is 1.78. The van der Waals surface area contributed by atoms with Crippen molar-refractivity contribution in [3.8, 4) is 17.1 Å². The maximum Gasteiger partial charge on any atom is 0.255 e. The molecule has 0 spiro atoms. The van der Waals surface area contributed by atoms with Gasteiger partial charge in [0, 0.05) is 24.1 Å². The van der Waals surface area contributed by atoms with Crippen molar-refractivity contribution < 1.29 is 14.4 Å². The van der Waals surface area contributed by atoms with E-state index < -0.39 is 11.9 Å². The lowest BCUT2D eigenvalue weighted by molar-refractivity contribution is -0.136. The van der Waals surface area contributed by atoms with E-state index in [-0.39, 0.29) is 18.2 Å². The zero-order chi connectivity index (χ0) is 20.8. The van der Waals surface area contributed by atoms with Gasteiger partial charge in [-0.1, -0.05) is 24.3 Å². The zero-order valence-corrected chi connectivity index (χ0v) is 16.3. The molecule has 8 nitrogen and oxygen atoms in total. The third-order valence-corrected chi connectivity index (χ3v) is 5.55. The summed E-state index contributed by atoms with van der Waals surface area (Å²) in [5.41, 5.74) is 3.14. The van der Waals surface area contributed by atoms with Gasteiger partial charge in [-0.05, 0) is 43.2 Å². The molecule has 8 heteroatoms. The molecule has 0 radical (unpaired) electrons. The number of rotatable bonds is 3. The molecule has 1 fully saturated rings. The van der Waals surface area contributed by atoms with E-state index in [9.17, 15) is 14.4 Å². The van der Waals surface area contributed by atoms with Gasteiger partial charge in [-0.2, -0.15) is 0 Å². The average molecular weight is 401 g/mol. The summed E-state index contributed by atoms with van der Waals surface area (Å²) in [7, 11) is 0. The van der Waals surface area contributed by atoms with Crippen molar-refractivity contribution in [1.29, 1.82) is 0 Å². The number of para-hydroxylation sites is 1. The SMILES string of the molecule is Cc1nc(-c2ccc3c(c2)CN(C2CCC(=O)NC2=O)C3=O)nn1-c1ccccc1. The number of nitrogens with one attached hydrogen (secondary N) is 1. The quantitative estimate of drug-likeness (QED) is 0.677. The molecule has 0 aliphatic carbocycles. The third kappa shape index (κ3) is 2.97. The maximum atomic E-state index is 12.8. The van der Waals surface area contributed by atoms with Crippen LogP contribution >= 0.6 is 0 Å². The van der Waals surface area contributed by atoms with E-state index in [2.05, 4.69) is 15.4 Å². The minimum atomic E-state index is -0.622. The van der Waals surface area contributed by atoms with Crippen molar-refractivity contribution in [1.82, 2.24) is 25.0 Å². The zero-order valence-electron chi connectivity index (χ0n) is 16.3. The van der Waals surface area contributed by atoms with Gasteiger partial charge in [0.1, 0.15) is 11.9 Å². The second-order valence-electron chi connectivity index (χ2n) is 7.50. The highest BCUT2D eigenvalue weighted by Gasteiger charge is 2.39. The molecule has 1 aromatic heterocycles. The molecule has 2 aliphatic rings. The van der Waals surface area contributed by atoms with E-state index in [1.807, 2.05) is 49.4 Å². The first-order valence-electron chi connectivity index (χ1n) is 9.78. The molecular formula is C22H19N5O3. The van der Waals surface area contributed by atoms with Crippen LogP contribution in [0.3, 0.4) is 0 Å². The molecule has 2 aromatic carbocycles. The highest BCUT2D eigenvalue weighted by atomic mass is 16.2. The van der Waals surface area contributed by atoms with E-state index in [0.29, 0.717) is 24.4 Å². The first-order chi connectivity index (χ1) is 14.5. The molecule has 2 aliphatic heterocycles. The number of aryl methyl sites for hydroxylation is 1. The Morgan fingerprint density at radius 3 is 2.63 bits per heavy atom. The predicted octanol–water partition coefficient (Wildman–Crippen LogP) is 2.00. The molecule has 3 aromatic rings. The molecule has 0 bridgehead atoms. The van der Waals surface area contributed by atoms with Gasteiger partial charge in [-0.15, -0.1) is 5.10 Å². The van der Waals surface area contributed by atoms with Crippen molar-refractivity contribution >= 4 is 17.7 Å². The third-order valence-electron chi connectivity index (χ3n) is 5.55. The molecule has 1 N–H and O–H groups in total. The number of carbonyl (C=O) groups is 3. The molecule has 1 unspecified atom stereocenters. The largest absolute Gasteiger partial charge is 0.322 e. The van der Waals surface area contributed by atoms with Gasteiger partial charge in [0.2, 0.25) is 11.8 Å². The van der Waals surface area contributed by atoms with Crippen LogP contribution in [-0.4, -0.2) is 43.4 Å². The highest BCUT2D eigenvalue weighted by Crippen LogP contribution is 2.30. The monoisotopic (exact) mass is 401 g/mol. The first-order valence-corrected chi connectivity index (χ1v) is 9.78. The van der Waals surface area contributed by atoms with Gasteiger partial charge in [0.05, 0.1) is 5.69 Å². The molecule has 0 saturated carbocycles. The van der Waals surface area contributed by atoms with Crippen LogP contribution in [-0.2, 0) is 16.1 Å². The summed E-state index contributed by atoms with van der Waals surface area (Å²) in [4.78, 5) is 42.6. The van der Waals surface area contributed by atoms with E-state index in [1.165, 1.54) is 4.90 Å². The molecule has 1 saturated heterocycles. The fraction of sp³-hybridized carbons (Fsp3) is 0.227. The Kier molecular flexibility index (Phi) is 4.20. The number of aromatic nitrogens is 3. The number of fused-ring (bicyclic) bond motifs is 1. The molecule has 3 heterocycles. The van der Waals surface area contributed by atoms with Crippen LogP contribution in [0.25, 0.3) is 17.1 Å². The van der Waals surface area contributed by atoms with Gasteiger partial charge in [-0.25, -0.2) is 9.67 Å². The number of benzene rings is 2. The number of amides is 3. The number of hydrogen-bond donors (Lipinski definition) is 1. The molecule has 1 atom stereocenters. The normalized spacial score (nSPS) is 18.5. The van der Waals surface area contributed by atoms with E-state index in [0.717, 1.165) is 22.6 Å². The highest BCUT2D eigenvalue weighted by molar-refractivity contribution is 6.05. The van der Waals surface area contributed by atoms with Crippen LogP contribution in [0.15, 0.2) is 48.5 Å². The minimum absolute atomic E-state index is 0.190. The molecule has 30 heavy (non-hydrogen) atoms. The topological polar surface area (TPSA) is 97.2 Å². The lowest BCUT2D eigenvalue weighted by atomic mass is 10.0. The smallest absolute Gasteiger partial charge is 0.255 e. The summed E-state index contributed by atoms with van der Waals surface area (Å²) in [5.74, 6) is 0.443. The van der Waals surface area contributed by atoms with Crippen LogP contribution in [0.5, 0.6) is 0 Å². The van der Waals surface area contributed by atoms with Crippen LogP contribution in [0.2, 0.25) is 0 Å². The molecule has 5 rings (SSSR count). The van der Waals surface area contributed by atoms with Gasteiger partial charge in [0.25, 0.3) is 5.91 Å². The van der Waals surface area contributed by atoms with Crippen molar-refractivity contribution in [3.63, 3.8) is 0 Å². The van der Waals surface area contributed by atoms with E-state index in [4.69, 9.17) is 0 Å². The molecule has 3 amide bonds. The van der Waals surface area contributed by atoms with Crippen molar-refractivity contribution in [2.24, 2.45) is 0 Å². The van der Waals surface area contributed by atoms with Crippen molar-refractivity contribution in [2.75, 3.05) is 0 Å². The first kappa shape index (κ1) is 18.2. The molecule has 150 valence electrons. The predicted molar refractivity (Wildman–Crippen MR) is 108 cm³/mol. The van der Waals surface area contributed by atoms with Gasteiger partial charge in [0.15, 0.2) is 5.82 Å². The Bertz CT molecular complexity index is 1180. The summed E-state index contributed by atoms with van der Waals surface area (Å²) in [6.45, 7) is 2.22. The van der Waals surface area contributed by atoms with Crippen LogP contribution in [0.4, 0.5) is 0 Å². The van der Waals surface area contributed by atoms with Crippen molar-refractivity contribution in [2.45, 2.75) is 32.4 Å². The fourth-order valence-electron chi connectivity index (χ4n) is 4.04. The van der Waals surface area contributed by atoms with Crippen LogP contribution < -0.4 is 5.32 Å². The van der Waals surface area contributed by atoms with Crippen LogP contribution in [0.1, 0.15) is 34.6 Å². The second-order valence-corrected chi connectivity index (χ2v) is 7.50. The maximum absolute atomic E-state index is 12.8. The van der Waals surface area contributed by atoms with E-state index >= 15 is 0 Å². The van der Waals surface area contributed by atoms with Gasteiger partial charge < -0.3 is 4.90 Å². The van der Waals surface area contributed by atoms with Crippen LogP contribution in [0, 0.1) is 6.92 Å². The van der Waals surface area contributed by atoms with Gasteiger partial charge in [-0.3, -0.25) is 19.7 Å². The number of imide groups is 1. The fourth-order valence-corrected chi connectivity index (χ4v) is 4.04. The Hall–Kier alpha value is -3.81. The lowest BCUT2D eigenvalue weighted by Gasteiger charge is -2.29. The summed E-state index contributed by atoms with van der Waals surface area (Å²) >= 11 is 0. The Morgan fingerprint density at radius 1 is 1.07 bits per heavy atom. The summed E-state index contributed by atoms with van der Waals surface area (Å²) in [6, 6.07) is 14.6. The second kappa shape index (κ2) is 6.91. The van der Waals surface area contributed by atoms with E-state index in [1.54, 1.807) is 10.7 Å². The summed E-state index contributed by atoms with van der Waals surface area (Å²) in [5, 5.41) is 6.95. The summed E-state index contributed by atoms with van der Waals surface area (Å²) in [6.07, 6.45) is 0.585. The number of piperidine rings is 1. The number of hydrogen-bond acceptors (Lipinski definition) is 5. The lowest BCUT2D eigenvalue weighted by Crippen LogP contribution is -2.52. The van der Waals surface area contributed by atoms with Gasteiger partial charge >= 0.3 is 0 Å². The Labute approximate surface area is 172 Å². The number of nitrogens with zero attached hydrogens (tertiary/aromatic N) is 4.